The molecule has 4 heterocycles. The summed E-state index contributed by atoms with van der Waals surface area (Å²) in [5.41, 5.74) is -0.516. The predicted octanol–water partition coefficient (Wildman–Crippen LogP) is 9.12. The zero-order valence-corrected chi connectivity index (χ0v) is 62.5. The molecule has 0 radical (unpaired) electrons. The number of ether oxygens (including phenoxy) is 4. The number of anilines is 2. The van der Waals surface area contributed by atoms with Gasteiger partial charge in [-0.05, 0) is 153 Å². The number of thioether (sulfide) groups is 1. The largest absolute Gasteiger partial charge is 0.501 e. The molecular weight excluding hydrogens is 1440 g/mol. The summed E-state index contributed by atoms with van der Waals surface area (Å²) >= 11 is 7.66. The summed E-state index contributed by atoms with van der Waals surface area (Å²) < 4.78 is 123. The van der Waals surface area contributed by atoms with Crippen molar-refractivity contribution in [2.75, 3.05) is 154 Å². The lowest BCUT2D eigenvalue weighted by atomic mass is 9.73. The minimum absolute atomic E-state index is 0.0226. The highest BCUT2D eigenvalue weighted by molar-refractivity contribution is 7.99. The Labute approximate surface area is 622 Å². The van der Waals surface area contributed by atoms with Crippen molar-refractivity contribution in [1.29, 1.82) is 0 Å². The number of nitrogens with zero attached hydrogens (tertiary/aromatic N) is 5. The molecule has 5 amide bonds. The maximum Gasteiger partial charge on any atom is 0.501 e. The van der Waals surface area contributed by atoms with Gasteiger partial charge in [0.15, 0.2) is 6.61 Å². The van der Waals surface area contributed by atoms with E-state index in [0.29, 0.717) is 140 Å². The molecule has 5 aromatic carbocycles. The average Bonchev–Trinajstić information content (AvgIpc) is 1.73. The van der Waals surface area contributed by atoms with Crippen LogP contribution in [0.15, 0.2) is 148 Å². The molecule has 10 rings (SSSR count). The molecule has 0 saturated carbocycles. The van der Waals surface area contributed by atoms with E-state index in [1.807, 2.05) is 47.2 Å². The second-order valence-electron chi connectivity index (χ2n) is 27.5. The van der Waals surface area contributed by atoms with Gasteiger partial charge < -0.3 is 50.0 Å². The third-order valence-electron chi connectivity index (χ3n) is 19.3. The lowest BCUT2D eigenvalue weighted by molar-refractivity contribution is -0.125. The number of piperidine rings is 1. The topological polar surface area (TPSA) is 267 Å². The molecule has 5 aliphatic rings. The van der Waals surface area contributed by atoms with Gasteiger partial charge in [-0.3, -0.25) is 38.7 Å². The van der Waals surface area contributed by atoms with E-state index in [4.69, 9.17) is 30.5 Å². The number of nitrogens with one attached hydrogen (secondary N) is 5. The Balaban J connectivity index is 0.598. The van der Waals surface area contributed by atoms with Gasteiger partial charge in [-0.2, -0.15) is 13.2 Å². The fraction of sp³-hybridized carbons (Fsp3) is 0.480. The number of alkyl halides is 3. The van der Waals surface area contributed by atoms with Crippen molar-refractivity contribution in [1.82, 2.24) is 40.3 Å². The summed E-state index contributed by atoms with van der Waals surface area (Å²) in [4.78, 5) is 74.1. The smallest absolute Gasteiger partial charge is 0.483 e. The lowest BCUT2D eigenvalue weighted by Gasteiger charge is -2.39. The zero-order valence-electron chi connectivity index (χ0n) is 59.3. The Kier molecular flexibility index (Phi) is 28.5. The quantitative estimate of drug-likeness (QED) is 0.0141. The summed E-state index contributed by atoms with van der Waals surface area (Å²) in [5, 5.41) is 12.5. The van der Waals surface area contributed by atoms with Crippen molar-refractivity contribution in [2.45, 2.75) is 97.5 Å². The monoisotopic (exact) mass is 1530 g/mol. The van der Waals surface area contributed by atoms with Crippen LogP contribution in [0.5, 0.6) is 5.75 Å². The van der Waals surface area contributed by atoms with Crippen LogP contribution in [-0.4, -0.2) is 227 Å². The number of sulfonamides is 1. The number of hydrogen-bond acceptors (Lipinski definition) is 20. The molecule has 3 fully saturated rings. The highest BCUT2D eigenvalue weighted by Crippen LogP contribution is 2.44. The Bertz CT molecular complexity index is 4110. The highest BCUT2D eigenvalue weighted by Gasteiger charge is 2.49. The molecule has 23 nitrogen and oxygen atoms in total. The van der Waals surface area contributed by atoms with E-state index in [9.17, 15) is 54.0 Å². The number of unbranched alkanes of at least 4 members (excludes halogenated alkanes) is 1. The van der Waals surface area contributed by atoms with Gasteiger partial charge in [0.2, 0.25) is 5.91 Å². The summed E-state index contributed by atoms with van der Waals surface area (Å²) in [6.07, 6.45) is 5.72. The van der Waals surface area contributed by atoms with Crippen molar-refractivity contribution in [2.24, 2.45) is 5.41 Å². The van der Waals surface area contributed by atoms with E-state index in [1.54, 1.807) is 18.2 Å². The van der Waals surface area contributed by atoms with Crippen LogP contribution in [0.1, 0.15) is 102 Å². The Morgan fingerprint density at radius 3 is 2.10 bits per heavy atom. The molecule has 30 heteroatoms. The molecule has 1 unspecified atom stereocenters. The Morgan fingerprint density at radius 1 is 0.743 bits per heavy atom. The average molecular weight is 1530 g/mol. The van der Waals surface area contributed by atoms with Gasteiger partial charge in [-0.15, -0.1) is 11.8 Å². The van der Waals surface area contributed by atoms with Crippen LogP contribution in [0.25, 0.3) is 5.57 Å². The van der Waals surface area contributed by atoms with E-state index in [-0.39, 0.29) is 46.8 Å². The first-order chi connectivity index (χ1) is 50.3. The fourth-order valence-electron chi connectivity index (χ4n) is 13.4. The molecule has 2 atom stereocenters. The lowest BCUT2D eigenvalue weighted by Crippen LogP contribution is -2.51. The first kappa shape index (κ1) is 80.1. The number of hydrogen-bond donors (Lipinski definition) is 5. The molecule has 4 aliphatic heterocycles. The number of piperazine rings is 2. The van der Waals surface area contributed by atoms with Crippen molar-refractivity contribution in [3.05, 3.63) is 160 Å². The highest BCUT2D eigenvalue weighted by atomic mass is 35.5. The van der Waals surface area contributed by atoms with Crippen molar-refractivity contribution < 1.29 is 72.9 Å². The molecule has 0 aromatic heterocycles. The first-order valence-electron chi connectivity index (χ1n) is 35.6. The minimum atomic E-state index is -6.13. The number of benzene rings is 5. The van der Waals surface area contributed by atoms with Gasteiger partial charge in [0.05, 0.1) is 61.4 Å². The van der Waals surface area contributed by atoms with Gasteiger partial charge in [0.1, 0.15) is 16.7 Å². The molecule has 1 aliphatic carbocycles. The fourth-order valence-corrected chi connectivity index (χ4v) is 16.5. The van der Waals surface area contributed by atoms with E-state index < -0.39 is 76.6 Å². The molecule has 3 saturated heterocycles. The van der Waals surface area contributed by atoms with Crippen LogP contribution in [0, 0.1) is 5.41 Å². The molecular formula is C75H94ClF3N10O13S3. The normalized spacial score (nSPS) is 18.1. The predicted molar refractivity (Wildman–Crippen MR) is 398 cm³/mol. The number of halogens is 4. The van der Waals surface area contributed by atoms with Gasteiger partial charge >= 0.3 is 5.51 Å². The second kappa shape index (κ2) is 37.4. The molecule has 568 valence electrons. The molecule has 105 heavy (non-hydrogen) atoms. The number of rotatable bonds is 37. The van der Waals surface area contributed by atoms with Crippen LogP contribution in [0.4, 0.5) is 24.5 Å². The number of sulfone groups is 1. The van der Waals surface area contributed by atoms with Crippen molar-refractivity contribution in [3.8, 4) is 5.75 Å². The van der Waals surface area contributed by atoms with Crippen LogP contribution in [-0.2, 0) is 43.7 Å². The maximum absolute atomic E-state index is 14.5. The SMILES string of the molecule is C=C1CCC(N2C(=O)c3cccc(OCC(=O)NCCCCNCCOCCOCCOCCN4CCN(CC[C@H](CSc5ccccc5)Nc5ccc(S(=O)(=O)NC(=O)c6ccc(N7CCN(CC8=C(c9ccc(Cl)cc9)CCC(C)(C)C8)CC7)cc6)cc5S(=O)(=O)C(F)(F)F)CC4)c3C2=O)C(=O)N1. The molecule has 5 aromatic rings. The number of imide groups is 1. The number of amides is 5. The van der Waals surface area contributed by atoms with Gasteiger partial charge in [0.25, 0.3) is 43.5 Å². The van der Waals surface area contributed by atoms with Crippen molar-refractivity contribution >= 4 is 89.7 Å². The van der Waals surface area contributed by atoms with E-state index in [0.717, 1.165) is 86.0 Å². The Morgan fingerprint density at radius 2 is 1.41 bits per heavy atom. The Hall–Kier alpha value is -7.42. The first-order valence-corrected chi connectivity index (χ1v) is 39.9. The van der Waals surface area contributed by atoms with E-state index in [2.05, 4.69) is 73.4 Å². The van der Waals surface area contributed by atoms with Crippen LogP contribution < -0.4 is 35.6 Å². The van der Waals surface area contributed by atoms with Gasteiger partial charge in [0, 0.05) is 124 Å². The van der Waals surface area contributed by atoms with Crippen LogP contribution >= 0.6 is 23.4 Å². The summed E-state index contributed by atoms with van der Waals surface area (Å²) in [5.74, 6) is -2.70. The van der Waals surface area contributed by atoms with Crippen LogP contribution in [0.3, 0.4) is 0 Å². The maximum atomic E-state index is 14.5. The summed E-state index contributed by atoms with van der Waals surface area (Å²) in [6, 6.07) is 29.3. The molecule has 5 N–H and O–H groups in total. The van der Waals surface area contributed by atoms with Gasteiger partial charge in [-0.25, -0.2) is 21.6 Å². The van der Waals surface area contributed by atoms with Crippen LogP contribution in [0.2, 0.25) is 5.02 Å². The molecule has 0 bridgehead atoms. The van der Waals surface area contributed by atoms with E-state index >= 15 is 0 Å². The van der Waals surface area contributed by atoms with E-state index in [1.165, 1.54) is 52.7 Å². The zero-order chi connectivity index (χ0) is 74.7. The third-order valence-corrected chi connectivity index (χ3v) is 23.5. The standard InChI is InChI=1S/C75H94ClF3N10O13S3/c1-53-14-25-65(71(92)82-53)89-72(93)63-12-9-13-66(69(63)73(89)94)102-51-68(90)81-30-8-7-29-80-31-42-99-44-46-101-47-45-100-43-41-86-35-33-85(34-36-86)32-27-58(52-103-60-10-5-4-6-11-60)83-64-24-23-61(48-67(64)104(95,96)75(77,78)79)105(97,98)84-70(91)55-17-21-59(22-18-55)88-39-37-87(38-40-88)50-56-49-74(2,3)28-26-62(56)54-15-19-57(76)20-16-54/h4-6,9-13,15-24,48,58,65,80,83H,1,7-8,14,25-47,49-52H2,2-3H3,(H,81,90)(H,82,92)(H,84,91)/t58-,65?/m1/s1. The number of carbonyl (C=O) groups is 5. The third kappa shape index (κ3) is 22.4. The van der Waals surface area contributed by atoms with Crippen molar-refractivity contribution in [3.63, 3.8) is 0 Å². The number of fused-ring (bicyclic) bond motifs is 1. The number of carbonyl (C=O) groups excluding carboxylic acids is 5. The summed E-state index contributed by atoms with van der Waals surface area (Å²) in [6.45, 7) is 20.4. The second-order valence-corrected chi connectivity index (χ2v) is 32.6. The van der Waals surface area contributed by atoms with Gasteiger partial charge in [-0.1, -0.05) is 74.0 Å². The molecule has 0 spiro atoms. The minimum Gasteiger partial charge on any atom is -0.483 e. The summed E-state index contributed by atoms with van der Waals surface area (Å²) in [7, 11) is -11.0. The number of allylic oxidation sites excluding steroid dienone is 2.